The molecular formula is C14H10N2OS. The maximum atomic E-state index is 12.2. The second kappa shape index (κ2) is 4.31. The van der Waals surface area contributed by atoms with E-state index in [9.17, 15) is 4.79 Å². The van der Waals surface area contributed by atoms with E-state index in [1.807, 2.05) is 30.5 Å². The van der Waals surface area contributed by atoms with E-state index in [-0.39, 0.29) is 5.78 Å². The van der Waals surface area contributed by atoms with E-state index in [0.717, 1.165) is 15.9 Å². The van der Waals surface area contributed by atoms with E-state index in [0.29, 0.717) is 11.1 Å². The van der Waals surface area contributed by atoms with Crippen LogP contribution in [0.5, 0.6) is 0 Å². The molecule has 0 fully saturated rings. The van der Waals surface area contributed by atoms with Crippen molar-refractivity contribution >= 4 is 27.3 Å². The van der Waals surface area contributed by atoms with Gasteiger partial charge in [0.05, 0.1) is 10.2 Å². The third-order valence-corrected chi connectivity index (χ3v) is 3.59. The van der Waals surface area contributed by atoms with Crippen LogP contribution < -0.4 is 0 Å². The third-order valence-electron chi connectivity index (χ3n) is 2.74. The Balaban J connectivity index is 2.03. The maximum absolute atomic E-state index is 12.2. The molecule has 3 aromatic heterocycles. The van der Waals surface area contributed by atoms with Crippen molar-refractivity contribution < 1.29 is 4.79 Å². The van der Waals surface area contributed by atoms with Gasteiger partial charge in [-0.2, -0.15) is 0 Å². The summed E-state index contributed by atoms with van der Waals surface area (Å²) in [4.78, 5) is 20.7. The Morgan fingerprint density at radius 2 is 1.94 bits per heavy atom. The van der Waals surface area contributed by atoms with E-state index in [4.69, 9.17) is 0 Å². The maximum Gasteiger partial charge on any atom is 0.196 e. The molecule has 0 amide bonds. The minimum Gasteiger partial charge on any atom is -0.288 e. The summed E-state index contributed by atoms with van der Waals surface area (Å²) in [5.41, 5.74) is 3.03. The van der Waals surface area contributed by atoms with Gasteiger partial charge in [0.2, 0.25) is 0 Å². The molecule has 0 atom stereocenters. The van der Waals surface area contributed by atoms with Crippen LogP contribution in [0.2, 0.25) is 0 Å². The SMILES string of the molecule is Cc1ccc(C(=O)c2cnc3ccsc3c2)cn1. The smallest absolute Gasteiger partial charge is 0.196 e. The minimum atomic E-state index is -0.0368. The van der Waals surface area contributed by atoms with Gasteiger partial charge in [0.1, 0.15) is 0 Å². The Morgan fingerprint density at radius 3 is 2.72 bits per heavy atom. The Labute approximate surface area is 108 Å². The molecule has 0 bridgehead atoms. The van der Waals surface area contributed by atoms with Gasteiger partial charge >= 0.3 is 0 Å². The number of hydrogen-bond donors (Lipinski definition) is 0. The fourth-order valence-electron chi connectivity index (χ4n) is 1.74. The molecule has 0 N–H and O–H groups in total. The van der Waals surface area contributed by atoms with Gasteiger partial charge in [0.25, 0.3) is 0 Å². The monoisotopic (exact) mass is 254 g/mol. The molecule has 18 heavy (non-hydrogen) atoms. The lowest BCUT2D eigenvalue weighted by molar-refractivity contribution is 0.103. The fraction of sp³-hybridized carbons (Fsp3) is 0.0714. The first-order valence-electron chi connectivity index (χ1n) is 5.54. The summed E-state index contributed by atoms with van der Waals surface area (Å²) in [6, 6.07) is 7.46. The van der Waals surface area contributed by atoms with Crippen LogP contribution in [0.15, 0.2) is 42.0 Å². The van der Waals surface area contributed by atoms with Gasteiger partial charge in [-0.25, -0.2) is 0 Å². The van der Waals surface area contributed by atoms with Gasteiger partial charge < -0.3 is 0 Å². The zero-order chi connectivity index (χ0) is 12.5. The van der Waals surface area contributed by atoms with Crippen LogP contribution in [-0.4, -0.2) is 15.8 Å². The number of fused-ring (bicyclic) bond motifs is 1. The van der Waals surface area contributed by atoms with E-state index in [1.165, 1.54) is 0 Å². The predicted octanol–water partition coefficient (Wildman–Crippen LogP) is 3.23. The Morgan fingerprint density at radius 1 is 1.11 bits per heavy atom. The van der Waals surface area contributed by atoms with Gasteiger partial charge in [0, 0.05) is 29.2 Å². The molecule has 3 aromatic rings. The number of pyridine rings is 2. The molecule has 0 radical (unpaired) electrons. The van der Waals surface area contributed by atoms with Crippen LogP contribution in [0.4, 0.5) is 0 Å². The van der Waals surface area contributed by atoms with Gasteiger partial charge in [0.15, 0.2) is 5.78 Å². The summed E-state index contributed by atoms with van der Waals surface area (Å²) in [6.45, 7) is 1.90. The number of carbonyl (C=O) groups is 1. The Hall–Kier alpha value is -2.07. The number of ketones is 1. The number of rotatable bonds is 2. The first-order valence-corrected chi connectivity index (χ1v) is 6.42. The van der Waals surface area contributed by atoms with Crippen LogP contribution in [-0.2, 0) is 0 Å². The molecule has 0 aliphatic heterocycles. The average molecular weight is 254 g/mol. The van der Waals surface area contributed by atoms with E-state index in [2.05, 4.69) is 9.97 Å². The highest BCUT2D eigenvalue weighted by Crippen LogP contribution is 2.20. The number of nitrogens with zero attached hydrogens (tertiary/aromatic N) is 2. The highest BCUT2D eigenvalue weighted by atomic mass is 32.1. The van der Waals surface area contributed by atoms with Crippen molar-refractivity contribution in [3.05, 3.63) is 58.9 Å². The van der Waals surface area contributed by atoms with E-state index >= 15 is 0 Å². The van der Waals surface area contributed by atoms with E-state index < -0.39 is 0 Å². The molecule has 3 heterocycles. The van der Waals surface area contributed by atoms with Crippen molar-refractivity contribution in [2.45, 2.75) is 6.92 Å². The summed E-state index contributed by atoms with van der Waals surface area (Å²) in [5, 5.41) is 1.97. The largest absolute Gasteiger partial charge is 0.288 e. The number of aryl methyl sites for hydroxylation is 1. The molecule has 4 heteroatoms. The molecule has 0 aliphatic carbocycles. The lowest BCUT2D eigenvalue weighted by atomic mass is 10.1. The Bertz CT molecular complexity index is 716. The summed E-state index contributed by atoms with van der Waals surface area (Å²) in [6.07, 6.45) is 3.23. The van der Waals surface area contributed by atoms with Crippen molar-refractivity contribution in [1.82, 2.24) is 9.97 Å². The summed E-state index contributed by atoms with van der Waals surface area (Å²) >= 11 is 1.59. The van der Waals surface area contributed by atoms with Crippen LogP contribution in [0, 0.1) is 6.92 Å². The molecule has 0 spiro atoms. The van der Waals surface area contributed by atoms with Crippen molar-refractivity contribution in [2.75, 3.05) is 0 Å². The molecule has 0 unspecified atom stereocenters. The van der Waals surface area contributed by atoms with Crippen molar-refractivity contribution in [1.29, 1.82) is 0 Å². The summed E-state index contributed by atoms with van der Waals surface area (Å²) < 4.78 is 1.03. The van der Waals surface area contributed by atoms with Gasteiger partial charge in [-0.1, -0.05) is 0 Å². The number of carbonyl (C=O) groups excluding carboxylic acids is 1. The molecule has 88 valence electrons. The minimum absolute atomic E-state index is 0.0368. The topological polar surface area (TPSA) is 42.9 Å². The molecule has 3 rings (SSSR count). The highest BCUT2D eigenvalue weighted by molar-refractivity contribution is 7.17. The first kappa shape index (κ1) is 11.0. The first-order chi connectivity index (χ1) is 8.74. The molecular weight excluding hydrogens is 244 g/mol. The van der Waals surface area contributed by atoms with Crippen molar-refractivity contribution in [2.24, 2.45) is 0 Å². The molecule has 0 saturated heterocycles. The van der Waals surface area contributed by atoms with Gasteiger partial charge in [-0.15, -0.1) is 11.3 Å². The Kier molecular flexibility index (Phi) is 2.64. The van der Waals surface area contributed by atoms with Crippen LogP contribution >= 0.6 is 11.3 Å². The van der Waals surface area contributed by atoms with Crippen LogP contribution in [0.1, 0.15) is 21.6 Å². The summed E-state index contributed by atoms with van der Waals surface area (Å²) in [5.74, 6) is -0.0368. The van der Waals surface area contributed by atoms with Crippen molar-refractivity contribution in [3.8, 4) is 0 Å². The third kappa shape index (κ3) is 1.91. The lowest BCUT2D eigenvalue weighted by Crippen LogP contribution is -2.02. The highest BCUT2D eigenvalue weighted by Gasteiger charge is 2.10. The predicted molar refractivity (Wildman–Crippen MR) is 72.0 cm³/mol. The quantitative estimate of drug-likeness (QED) is 0.659. The van der Waals surface area contributed by atoms with Crippen molar-refractivity contribution in [3.63, 3.8) is 0 Å². The standard InChI is InChI=1S/C14H10N2OS/c1-9-2-3-10(7-15-9)14(17)11-6-13-12(16-8-11)4-5-18-13/h2-8H,1H3. The number of hydrogen-bond acceptors (Lipinski definition) is 4. The fourth-order valence-corrected chi connectivity index (χ4v) is 2.52. The van der Waals surface area contributed by atoms with E-state index in [1.54, 1.807) is 29.8 Å². The average Bonchev–Trinajstić information content (AvgIpc) is 2.86. The number of thiophene rings is 1. The normalized spacial score (nSPS) is 10.7. The van der Waals surface area contributed by atoms with Gasteiger partial charge in [-0.05, 0) is 36.6 Å². The molecule has 0 saturated carbocycles. The molecule has 0 aliphatic rings. The second-order valence-electron chi connectivity index (χ2n) is 4.05. The zero-order valence-corrected chi connectivity index (χ0v) is 10.6. The second-order valence-corrected chi connectivity index (χ2v) is 4.99. The lowest BCUT2D eigenvalue weighted by Gasteiger charge is -2.01. The number of aromatic nitrogens is 2. The molecule has 0 aromatic carbocycles. The summed E-state index contributed by atoms with van der Waals surface area (Å²) in [7, 11) is 0. The zero-order valence-electron chi connectivity index (χ0n) is 9.75. The molecule has 3 nitrogen and oxygen atoms in total. The van der Waals surface area contributed by atoms with Gasteiger partial charge in [-0.3, -0.25) is 14.8 Å². The van der Waals surface area contributed by atoms with Crippen LogP contribution in [0.25, 0.3) is 10.2 Å². The van der Waals surface area contributed by atoms with Crippen LogP contribution in [0.3, 0.4) is 0 Å².